The molecular formula is C15H19N3O. The van der Waals surface area contributed by atoms with Gasteiger partial charge in [0.1, 0.15) is 12.1 Å². The molecule has 0 saturated heterocycles. The van der Waals surface area contributed by atoms with Crippen LogP contribution in [0.5, 0.6) is 5.88 Å². The molecule has 1 heterocycles. The largest absolute Gasteiger partial charge is 0.478 e. The van der Waals surface area contributed by atoms with Crippen LogP contribution >= 0.6 is 0 Å². The first kappa shape index (κ1) is 13.3. The fourth-order valence-corrected chi connectivity index (χ4v) is 1.75. The van der Waals surface area contributed by atoms with Crippen molar-refractivity contribution < 1.29 is 4.74 Å². The van der Waals surface area contributed by atoms with Crippen LogP contribution in [0.1, 0.15) is 25.0 Å². The van der Waals surface area contributed by atoms with Gasteiger partial charge in [0.15, 0.2) is 0 Å². The highest BCUT2D eigenvalue weighted by Gasteiger charge is 1.99. The summed E-state index contributed by atoms with van der Waals surface area (Å²) < 4.78 is 5.34. The van der Waals surface area contributed by atoms with E-state index in [2.05, 4.69) is 46.5 Å². The summed E-state index contributed by atoms with van der Waals surface area (Å²) in [6, 6.07) is 10.4. The normalized spacial score (nSPS) is 10.2. The predicted molar refractivity (Wildman–Crippen MR) is 76.3 cm³/mol. The first-order valence-electron chi connectivity index (χ1n) is 6.58. The summed E-state index contributed by atoms with van der Waals surface area (Å²) in [5.74, 6) is 1.37. The molecule has 0 aliphatic rings. The van der Waals surface area contributed by atoms with E-state index < -0.39 is 0 Å². The summed E-state index contributed by atoms with van der Waals surface area (Å²) in [5.41, 5.74) is 2.58. The van der Waals surface area contributed by atoms with Gasteiger partial charge in [0.25, 0.3) is 0 Å². The van der Waals surface area contributed by atoms with E-state index in [9.17, 15) is 0 Å². The van der Waals surface area contributed by atoms with Gasteiger partial charge < -0.3 is 10.1 Å². The fraction of sp³-hybridized carbons (Fsp3) is 0.333. The lowest BCUT2D eigenvalue weighted by molar-refractivity contribution is 0.326. The summed E-state index contributed by atoms with van der Waals surface area (Å²) in [7, 11) is 0. The first-order valence-corrected chi connectivity index (χ1v) is 6.58. The molecule has 0 aliphatic heterocycles. The number of nitrogens with zero attached hydrogens (tertiary/aromatic N) is 2. The van der Waals surface area contributed by atoms with Crippen LogP contribution < -0.4 is 10.1 Å². The topological polar surface area (TPSA) is 47.0 Å². The number of benzene rings is 1. The minimum atomic E-state index is 0.598. The molecule has 0 fully saturated rings. The lowest BCUT2D eigenvalue weighted by Crippen LogP contribution is -2.03. The minimum Gasteiger partial charge on any atom is -0.478 e. The van der Waals surface area contributed by atoms with Crippen molar-refractivity contribution in [3.05, 3.63) is 47.8 Å². The molecule has 0 saturated carbocycles. The summed E-state index contributed by atoms with van der Waals surface area (Å²) in [6.07, 6.45) is 2.57. The molecule has 0 atom stereocenters. The smallest absolute Gasteiger partial charge is 0.218 e. The molecule has 0 bridgehead atoms. The van der Waals surface area contributed by atoms with Gasteiger partial charge in [-0.2, -0.15) is 0 Å². The van der Waals surface area contributed by atoms with E-state index >= 15 is 0 Å². The van der Waals surface area contributed by atoms with Crippen molar-refractivity contribution in [2.75, 3.05) is 11.9 Å². The number of hydrogen-bond acceptors (Lipinski definition) is 4. The zero-order chi connectivity index (χ0) is 13.5. The average molecular weight is 257 g/mol. The number of hydrogen-bond donors (Lipinski definition) is 1. The van der Waals surface area contributed by atoms with Gasteiger partial charge in [-0.05, 0) is 24.5 Å². The third-order valence-electron chi connectivity index (χ3n) is 2.84. The minimum absolute atomic E-state index is 0.598. The van der Waals surface area contributed by atoms with Gasteiger partial charge in [0.2, 0.25) is 5.88 Å². The Labute approximate surface area is 113 Å². The van der Waals surface area contributed by atoms with Crippen molar-refractivity contribution >= 4 is 5.82 Å². The van der Waals surface area contributed by atoms with Gasteiger partial charge in [-0.1, -0.05) is 31.2 Å². The lowest BCUT2D eigenvalue weighted by Gasteiger charge is -2.07. The van der Waals surface area contributed by atoms with Gasteiger partial charge in [-0.25, -0.2) is 9.97 Å². The molecule has 4 nitrogen and oxygen atoms in total. The Hall–Kier alpha value is -2.10. The van der Waals surface area contributed by atoms with Crippen LogP contribution in [0.2, 0.25) is 0 Å². The molecule has 0 radical (unpaired) electrons. The average Bonchev–Trinajstić information content (AvgIpc) is 2.46. The Kier molecular flexibility index (Phi) is 4.72. The van der Waals surface area contributed by atoms with E-state index in [0.717, 1.165) is 18.8 Å². The van der Waals surface area contributed by atoms with Crippen molar-refractivity contribution in [2.24, 2.45) is 0 Å². The zero-order valence-electron chi connectivity index (χ0n) is 11.4. The predicted octanol–water partition coefficient (Wildman–Crippen LogP) is 3.05. The molecule has 0 spiro atoms. The van der Waals surface area contributed by atoms with E-state index in [4.69, 9.17) is 4.74 Å². The van der Waals surface area contributed by atoms with Gasteiger partial charge >= 0.3 is 0 Å². The van der Waals surface area contributed by atoms with Crippen LogP contribution in [-0.2, 0) is 13.0 Å². The van der Waals surface area contributed by atoms with E-state index in [1.807, 2.05) is 13.0 Å². The fourth-order valence-electron chi connectivity index (χ4n) is 1.75. The summed E-state index contributed by atoms with van der Waals surface area (Å²) in [4.78, 5) is 8.20. The number of aromatic nitrogens is 2. The molecule has 19 heavy (non-hydrogen) atoms. The van der Waals surface area contributed by atoms with E-state index in [1.54, 1.807) is 0 Å². The Balaban J connectivity index is 1.95. The maximum Gasteiger partial charge on any atom is 0.218 e. The monoisotopic (exact) mass is 257 g/mol. The van der Waals surface area contributed by atoms with Crippen LogP contribution in [-0.4, -0.2) is 16.6 Å². The maximum atomic E-state index is 5.34. The third kappa shape index (κ3) is 3.95. The van der Waals surface area contributed by atoms with Crippen molar-refractivity contribution in [2.45, 2.75) is 26.8 Å². The van der Waals surface area contributed by atoms with Crippen LogP contribution in [0.3, 0.4) is 0 Å². The number of nitrogens with one attached hydrogen (secondary N) is 1. The van der Waals surface area contributed by atoms with Crippen LogP contribution in [0.25, 0.3) is 0 Å². The number of aryl methyl sites for hydroxylation is 1. The van der Waals surface area contributed by atoms with E-state index in [1.165, 1.54) is 17.5 Å². The number of anilines is 1. The van der Waals surface area contributed by atoms with Gasteiger partial charge in [-0.3, -0.25) is 0 Å². The zero-order valence-corrected chi connectivity index (χ0v) is 11.4. The highest BCUT2D eigenvalue weighted by Crippen LogP contribution is 2.12. The highest BCUT2D eigenvalue weighted by molar-refractivity contribution is 5.38. The summed E-state index contributed by atoms with van der Waals surface area (Å²) in [5, 5.41) is 3.27. The molecule has 1 aromatic carbocycles. The SMILES string of the molecule is CCOc1cc(NCc2ccc(CC)cc2)ncn1. The van der Waals surface area contributed by atoms with Crippen molar-refractivity contribution in [1.82, 2.24) is 9.97 Å². The lowest BCUT2D eigenvalue weighted by atomic mass is 10.1. The third-order valence-corrected chi connectivity index (χ3v) is 2.84. The molecule has 2 rings (SSSR count). The molecular weight excluding hydrogens is 238 g/mol. The Bertz CT molecular complexity index is 511. The van der Waals surface area contributed by atoms with Crippen molar-refractivity contribution in [3.63, 3.8) is 0 Å². The molecule has 100 valence electrons. The molecule has 0 aliphatic carbocycles. The molecule has 2 aromatic rings. The van der Waals surface area contributed by atoms with Gasteiger partial charge in [0.05, 0.1) is 6.61 Å². The molecule has 1 N–H and O–H groups in total. The number of rotatable bonds is 6. The second-order valence-electron chi connectivity index (χ2n) is 4.20. The quantitative estimate of drug-likeness (QED) is 0.864. The van der Waals surface area contributed by atoms with Gasteiger partial charge in [-0.15, -0.1) is 0 Å². The van der Waals surface area contributed by atoms with Gasteiger partial charge in [0, 0.05) is 12.6 Å². The molecule has 1 aromatic heterocycles. The first-order chi connectivity index (χ1) is 9.31. The van der Waals surface area contributed by atoms with E-state index in [-0.39, 0.29) is 0 Å². The highest BCUT2D eigenvalue weighted by atomic mass is 16.5. The molecule has 4 heteroatoms. The summed E-state index contributed by atoms with van der Waals surface area (Å²) >= 11 is 0. The van der Waals surface area contributed by atoms with Crippen molar-refractivity contribution in [1.29, 1.82) is 0 Å². The van der Waals surface area contributed by atoms with Crippen LogP contribution in [0.15, 0.2) is 36.7 Å². The second kappa shape index (κ2) is 6.73. The van der Waals surface area contributed by atoms with Crippen LogP contribution in [0, 0.1) is 0 Å². The van der Waals surface area contributed by atoms with Crippen molar-refractivity contribution in [3.8, 4) is 5.88 Å². The van der Waals surface area contributed by atoms with E-state index in [0.29, 0.717) is 12.5 Å². The Morgan fingerprint density at radius 1 is 1.05 bits per heavy atom. The molecule has 0 unspecified atom stereocenters. The Morgan fingerprint density at radius 3 is 2.47 bits per heavy atom. The standard InChI is InChI=1S/C15H19N3O/c1-3-12-5-7-13(8-6-12)10-16-14-9-15(19-4-2)18-11-17-14/h5-9,11H,3-4,10H2,1-2H3,(H,16,17,18). The number of ether oxygens (including phenoxy) is 1. The van der Waals surface area contributed by atoms with Crippen LogP contribution in [0.4, 0.5) is 5.82 Å². The molecule has 0 amide bonds. The second-order valence-corrected chi connectivity index (χ2v) is 4.20. The maximum absolute atomic E-state index is 5.34. The summed E-state index contributed by atoms with van der Waals surface area (Å²) in [6.45, 7) is 5.44. The Morgan fingerprint density at radius 2 is 1.79 bits per heavy atom.